The zero-order valence-corrected chi connectivity index (χ0v) is 36.5. The van der Waals surface area contributed by atoms with E-state index < -0.39 is 29.0 Å². The fraction of sp³-hybridized carbons (Fsp3) is 0.702. The molecule has 12 heteroatoms. The normalized spacial score (nSPS) is 38.5. The minimum Gasteiger partial charge on any atom is -0.463 e. The maximum Gasteiger partial charge on any atom is 0.350 e. The van der Waals surface area contributed by atoms with E-state index in [-0.39, 0.29) is 53.9 Å². The average molecular weight is 818 g/mol. The van der Waals surface area contributed by atoms with E-state index >= 15 is 9.59 Å². The number of carbonyl (C=O) groups is 3. The molecular formula is C47H75N7O5+4. The van der Waals surface area contributed by atoms with Gasteiger partial charge in [0.25, 0.3) is 5.60 Å². The molecule has 59 heavy (non-hydrogen) atoms. The lowest BCUT2D eigenvalue weighted by molar-refractivity contribution is -0.717. The van der Waals surface area contributed by atoms with E-state index in [1.54, 1.807) is 0 Å². The number of esters is 1. The van der Waals surface area contributed by atoms with Crippen LogP contribution in [0.2, 0.25) is 0 Å². The lowest BCUT2D eigenvalue weighted by Crippen LogP contribution is -2.98. The van der Waals surface area contributed by atoms with Crippen LogP contribution < -0.4 is 37.3 Å². The Kier molecular flexibility index (Phi) is 13.8. The summed E-state index contributed by atoms with van der Waals surface area (Å²) in [5.74, 6) is -0.548. The Morgan fingerprint density at radius 2 is 2.00 bits per heavy atom. The number of Topliss-reactive ketones (excluding diaryl/α,β-unsaturated/α-hetero) is 2. The first kappa shape index (κ1) is 43.7. The van der Waals surface area contributed by atoms with E-state index in [0.29, 0.717) is 36.8 Å². The topological polar surface area (TPSA) is 187 Å². The van der Waals surface area contributed by atoms with E-state index in [0.717, 1.165) is 83.1 Å². The Labute approximate surface area is 352 Å². The third kappa shape index (κ3) is 8.99. The molecule has 5 aliphatic carbocycles. The second kappa shape index (κ2) is 18.7. The number of ketones is 2. The van der Waals surface area contributed by atoms with E-state index in [1.807, 2.05) is 7.05 Å². The number of guanidine groups is 1. The third-order valence-corrected chi connectivity index (χ3v) is 15.1. The van der Waals surface area contributed by atoms with Gasteiger partial charge in [0, 0.05) is 49.4 Å². The highest BCUT2D eigenvalue weighted by Gasteiger charge is 2.87. The van der Waals surface area contributed by atoms with Crippen molar-refractivity contribution in [2.45, 2.75) is 127 Å². The Bertz CT molecular complexity index is 1750. The van der Waals surface area contributed by atoms with Crippen molar-refractivity contribution in [3.63, 3.8) is 0 Å². The maximum absolute atomic E-state index is 15.3. The standard InChI is InChI=1S/C47H71N7O5/c1-6-51-37-25-32-14-9-8-13-31(32)24-35(37)28-58-43(57)47-42(56)40-34(27-45(3)19-10-7-11-20-45)15-12-16-36(40)41(55)46(47,59-47)21-17-30(2)23-38(54-44(48)50-5)33-18-22-52-39(26-33)53-29-49-4/h7,9-11,14,17,19,25,31,33-40,49,51-53H,6,8,12-13,15-16,18,20-24,26-29H2,1-5H3,(H3,48,50,54)/p+4. The number of epoxide rings is 1. The molecule has 4 fully saturated rings. The summed E-state index contributed by atoms with van der Waals surface area (Å²) >= 11 is 0. The van der Waals surface area contributed by atoms with Crippen LogP contribution in [-0.4, -0.2) is 93.4 Å². The summed E-state index contributed by atoms with van der Waals surface area (Å²) in [5, 5.41) is 14.0. The summed E-state index contributed by atoms with van der Waals surface area (Å²) in [7, 11) is 3.88. The van der Waals surface area contributed by atoms with Crippen molar-refractivity contribution in [2.24, 2.45) is 46.7 Å². The molecule has 2 saturated carbocycles. The Morgan fingerprint density at radius 3 is 2.76 bits per heavy atom. The Morgan fingerprint density at radius 1 is 1.15 bits per heavy atom. The molecule has 2 heterocycles. The summed E-state index contributed by atoms with van der Waals surface area (Å²) in [6.07, 6.45) is 27.9. The van der Waals surface area contributed by atoms with Crippen LogP contribution in [0.1, 0.15) is 97.8 Å². The minimum absolute atomic E-state index is 0.0118. The highest BCUT2D eigenvalue weighted by Crippen LogP contribution is 2.63. The molecule has 0 radical (unpaired) electrons. The SMILES string of the molecule is CC[NH2+]C1C=C2C=CCCC2CC1COC(=O)C12OC1(CC=C(C)CC(NC(N)=[NH+]C)C1CC[NH2+]C(NC[NH2+]C)C1)C(=O)C1CCCC(CC3(C)C=CC=CC3)C1C2=O. The van der Waals surface area contributed by atoms with Crippen molar-refractivity contribution in [1.29, 1.82) is 0 Å². The quantitative estimate of drug-likeness (QED) is 0.0212. The molecule has 12 nitrogen and oxygen atoms in total. The van der Waals surface area contributed by atoms with E-state index in [1.165, 1.54) is 5.57 Å². The van der Waals surface area contributed by atoms with E-state index in [9.17, 15) is 4.79 Å². The second-order valence-electron chi connectivity index (χ2n) is 19.3. The van der Waals surface area contributed by atoms with Gasteiger partial charge in [-0.2, -0.15) is 0 Å². The molecule has 7 rings (SSSR count). The van der Waals surface area contributed by atoms with Crippen LogP contribution in [0.5, 0.6) is 0 Å². The van der Waals surface area contributed by atoms with Crippen LogP contribution in [0.15, 0.2) is 59.8 Å². The smallest absolute Gasteiger partial charge is 0.350 e. The molecule has 7 aliphatic rings. The summed E-state index contributed by atoms with van der Waals surface area (Å²) in [6.45, 7) is 9.47. The number of hydrogen-bond acceptors (Lipinski definition) is 6. The average Bonchev–Trinajstić information content (AvgIpc) is 3.95. The molecule has 0 amide bonds. The zero-order chi connectivity index (χ0) is 41.8. The monoisotopic (exact) mass is 818 g/mol. The minimum atomic E-state index is -1.91. The largest absolute Gasteiger partial charge is 0.463 e. The Balaban J connectivity index is 1.15. The number of carbonyl (C=O) groups excluding carboxylic acids is 3. The number of quaternary nitrogens is 3. The van der Waals surface area contributed by atoms with Crippen LogP contribution in [0.3, 0.4) is 0 Å². The summed E-state index contributed by atoms with van der Waals surface area (Å²) < 4.78 is 12.9. The second-order valence-corrected chi connectivity index (χ2v) is 19.3. The molecule has 2 aliphatic heterocycles. The number of fused-ring (bicyclic) bond motifs is 3. The van der Waals surface area contributed by atoms with Crippen molar-refractivity contribution in [3.05, 3.63) is 59.8 Å². The van der Waals surface area contributed by atoms with Crippen molar-refractivity contribution >= 4 is 23.5 Å². The Hall–Kier alpha value is -3.42. The van der Waals surface area contributed by atoms with Crippen molar-refractivity contribution in [1.82, 2.24) is 10.6 Å². The molecule has 0 aromatic rings. The van der Waals surface area contributed by atoms with E-state index in [4.69, 9.17) is 15.2 Å². The van der Waals surface area contributed by atoms with Gasteiger partial charge in [-0.05, 0) is 87.7 Å². The van der Waals surface area contributed by atoms with Crippen molar-refractivity contribution in [3.8, 4) is 0 Å². The van der Waals surface area contributed by atoms with Crippen molar-refractivity contribution < 1.29 is 44.8 Å². The van der Waals surface area contributed by atoms with Gasteiger partial charge in [-0.15, -0.1) is 0 Å². The highest BCUT2D eigenvalue weighted by atomic mass is 16.7. The number of nitrogens with one attached hydrogen (secondary N) is 3. The van der Waals surface area contributed by atoms with Gasteiger partial charge in [0.15, 0.2) is 17.2 Å². The molecule has 0 spiro atoms. The number of allylic oxidation sites excluding steroid dienone is 7. The summed E-state index contributed by atoms with van der Waals surface area (Å²) in [6, 6.07) is 0.238. The number of ether oxygens (including phenoxy) is 2. The third-order valence-electron chi connectivity index (χ3n) is 15.1. The van der Waals surface area contributed by atoms with Crippen LogP contribution >= 0.6 is 0 Å². The maximum atomic E-state index is 15.3. The molecule has 0 aromatic heterocycles. The molecule has 324 valence electrons. The predicted octanol–water partition coefficient (Wildman–Crippen LogP) is -0.252. The number of nitrogens with two attached hydrogens (primary N) is 4. The first-order valence-electron chi connectivity index (χ1n) is 23.1. The first-order valence-corrected chi connectivity index (χ1v) is 23.1. The number of rotatable bonds is 16. The van der Waals surface area contributed by atoms with Gasteiger partial charge in [-0.25, -0.2) is 10.1 Å². The molecule has 2 saturated heterocycles. The van der Waals surface area contributed by atoms with Gasteiger partial charge in [0.1, 0.15) is 25.5 Å². The van der Waals surface area contributed by atoms with Gasteiger partial charge in [0.2, 0.25) is 0 Å². The lowest BCUT2D eigenvalue weighted by atomic mass is 9.55. The molecule has 0 bridgehead atoms. The molecule has 0 aromatic carbocycles. The van der Waals surface area contributed by atoms with Crippen LogP contribution in [-0.2, 0) is 23.9 Å². The molecular weight excluding hydrogens is 743 g/mol. The summed E-state index contributed by atoms with van der Waals surface area (Å²) in [5.41, 5.74) is 5.22. The van der Waals surface area contributed by atoms with Crippen LogP contribution in [0.25, 0.3) is 0 Å². The predicted molar refractivity (Wildman–Crippen MR) is 227 cm³/mol. The number of likely N-dealkylation sites (N-methyl/N-ethyl adjacent to an activating group) is 1. The molecule has 12 atom stereocenters. The number of hydrogen-bond donors (Lipinski definition) is 7. The van der Waals surface area contributed by atoms with Gasteiger partial charge < -0.3 is 25.4 Å². The lowest BCUT2D eigenvalue weighted by Gasteiger charge is -2.44. The molecule has 12 unspecified atom stereocenters. The van der Waals surface area contributed by atoms with Gasteiger partial charge in [-0.3, -0.25) is 25.6 Å². The zero-order valence-electron chi connectivity index (χ0n) is 36.5. The van der Waals surface area contributed by atoms with Crippen LogP contribution in [0, 0.1) is 40.9 Å². The number of piperidine rings is 1. The van der Waals surface area contributed by atoms with Gasteiger partial charge in [0.05, 0.1) is 33.2 Å². The molecule has 11 N–H and O–H groups in total. The summed E-state index contributed by atoms with van der Waals surface area (Å²) in [4.78, 5) is 48.2. The van der Waals surface area contributed by atoms with Crippen LogP contribution in [0.4, 0.5) is 0 Å². The van der Waals surface area contributed by atoms with E-state index in [2.05, 4.69) is 108 Å². The van der Waals surface area contributed by atoms with Gasteiger partial charge in [-0.1, -0.05) is 61.4 Å². The van der Waals surface area contributed by atoms with Gasteiger partial charge >= 0.3 is 11.9 Å². The first-order chi connectivity index (χ1) is 28.5. The van der Waals surface area contributed by atoms with Crippen molar-refractivity contribution in [2.75, 3.05) is 40.5 Å². The fourth-order valence-electron chi connectivity index (χ4n) is 11.9. The fourth-order valence-corrected chi connectivity index (χ4v) is 11.9. The highest BCUT2D eigenvalue weighted by molar-refractivity contribution is 6.23.